The zero-order valence-electron chi connectivity index (χ0n) is 10.7. The average Bonchev–Trinajstić information content (AvgIpc) is 2.84. The highest BCUT2D eigenvalue weighted by molar-refractivity contribution is 9.10. The molecule has 0 radical (unpaired) electrons. The second-order valence-electron chi connectivity index (χ2n) is 3.78. The van der Waals surface area contributed by atoms with Crippen molar-refractivity contribution < 1.29 is 9.53 Å². The maximum absolute atomic E-state index is 12.0. The Kier molecular flexibility index (Phi) is 4.86. The Balaban J connectivity index is 2.40. The fourth-order valence-electron chi connectivity index (χ4n) is 1.49. The predicted molar refractivity (Wildman–Crippen MR) is 83.0 cm³/mol. The Bertz CT molecular complexity index is 637. The number of esters is 1. The lowest BCUT2D eigenvalue weighted by atomic mass is 10.1. The van der Waals surface area contributed by atoms with Gasteiger partial charge in [-0.2, -0.15) is 0 Å². The van der Waals surface area contributed by atoms with Crippen LogP contribution in [0.4, 0.5) is 5.13 Å². The molecule has 0 unspecified atom stereocenters. The zero-order valence-corrected chi connectivity index (χ0v) is 13.1. The summed E-state index contributed by atoms with van der Waals surface area (Å²) in [5.74, 6) is -0.438. The van der Waals surface area contributed by atoms with Gasteiger partial charge in [0.15, 0.2) is 5.01 Å². The van der Waals surface area contributed by atoms with Gasteiger partial charge in [-0.1, -0.05) is 39.4 Å². The van der Waals surface area contributed by atoms with E-state index in [2.05, 4.69) is 26.1 Å². The topological polar surface area (TPSA) is 78.1 Å². The minimum absolute atomic E-state index is 0.296. The molecule has 0 spiro atoms. The van der Waals surface area contributed by atoms with Crippen molar-refractivity contribution in [3.63, 3.8) is 0 Å². The molecule has 0 aliphatic rings. The highest BCUT2D eigenvalue weighted by atomic mass is 79.9. The van der Waals surface area contributed by atoms with Gasteiger partial charge in [0.2, 0.25) is 5.13 Å². The Hall–Kier alpha value is -1.73. The Labute approximate surface area is 128 Å². The van der Waals surface area contributed by atoms with Crippen LogP contribution in [0, 0.1) is 0 Å². The number of nitrogens with two attached hydrogens (primary N) is 1. The van der Waals surface area contributed by atoms with E-state index in [0.29, 0.717) is 22.3 Å². The molecule has 0 saturated carbocycles. The number of carbonyl (C=O) groups excluding carboxylic acids is 1. The van der Waals surface area contributed by atoms with Gasteiger partial charge < -0.3 is 10.5 Å². The van der Waals surface area contributed by atoms with Crippen LogP contribution in [-0.2, 0) is 9.53 Å². The van der Waals surface area contributed by atoms with Crippen molar-refractivity contribution in [2.24, 2.45) is 0 Å². The number of anilines is 1. The number of hydrogen-bond acceptors (Lipinski definition) is 6. The Morgan fingerprint density at radius 3 is 2.65 bits per heavy atom. The van der Waals surface area contributed by atoms with Crippen LogP contribution in [0.25, 0.3) is 11.6 Å². The van der Waals surface area contributed by atoms with E-state index >= 15 is 0 Å². The van der Waals surface area contributed by atoms with E-state index in [1.54, 1.807) is 13.0 Å². The lowest BCUT2D eigenvalue weighted by Crippen LogP contribution is -2.06. The van der Waals surface area contributed by atoms with Gasteiger partial charge >= 0.3 is 5.97 Å². The summed E-state index contributed by atoms with van der Waals surface area (Å²) in [5, 5.41) is 8.38. The van der Waals surface area contributed by atoms with Crippen LogP contribution in [0.1, 0.15) is 17.5 Å². The molecular weight excluding hydrogens is 342 g/mol. The van der Waals surface area contributed by atoms with Gasteiger partial charge in [0.05, 0.1) is 12.2 Å². The van der Waals surface area contributed by atoms with Gasteiger partial charge in [0.25, 0.3) is 0 Å². The smallest absolute Gasteiger partial charge is 0.341 e. The number of nitrogen functional groups attached to an aromatic ring is 1. The molecule has 0 bridgehead atoms. The number of halogens is 1. The van der Waals surface area contributed by atoms with Crippen LogP contribution in [0.3, 0.4) is 0 Å². The summed E-state index contributed by atoms with van der Waals surface area (Å²) in [7, 11) is 0. The van der Waals surface area contributed by atoms with Crippen LogP contribution >= 0.6 is 27.3 Å². The summed E-state index contributed by atoms with van der Waals surface area (Å²) >= 11 is 4.51. The number of nitrogens with zero attached hydrogens (tertiary/aromatic N) is 2. The zero-order chi connectivity index (χ0) is 14.5. The molecule has 104 valence electrons. The third-order valence-corrected chi connectivity index (χ3v) is 3.66. The average molecular weight is 354 g/mol. The molecule has 1 heterocycles. The molecule has 2 rings (SSSR count). The molecule has 0 aliphatic heterocycles. The van der Waals surface area contributed by atoms with E-state index in [1.165, 1.54) is 0 Å². The lowest BCUT2D eigenvalue weighted by Gasteiger charge is -2.04. The third kappa shape index (κ3) is 3.64. The quantitative estimate of drug-likeness (QED) is 0.675. The molecule has 7 heteroatoms. The molecule has 2 aromatic rings. The van der Waals surface area contributed by atoms with E-state index in [-0.39, 0.29) is 0 Å². The van der Waals surface area contributed by atoms with Crippen molar-refractivity contribution in [3.8, 4) is 0 Å². The lowest BCUT2D eigenvalue weighted by molar-refractivity contribution is -0.136. The Morgan fingerprint density at radius 2 is 2.10 bits per heavy atom. The maximum Gasteiger partial charge on any atom is 0.341 e. The summed E-state index contributed by atoms with van der Waals surface area (Å²) in [6.45, 7) is 2.05. The van der Waals surface area contributed by atoms with Crippen LogP contribution in [0.2, 0.25) is 0 Å². The number of carbonyl (C=O) groups is 1. The Morgan fingerprint density at radius 1 is 1.40 bits per heavy atom. The summed E-state index contributed by atoms with van der Waals surface area (Å²) in [4.78, 5) is 12.0. The van der Waals surface area contributed by atoms with Crippen molar-refractivity contribution in [1.29, 1.82) is 0 Å². The van der Waals surface area contributed by atoms with Crippen LogP contribution < -0.4 is 5.73 Å². The fourth-order valence-corrected chi connectivity index (χ4v) is 2.36. The number of aromatic nitrogens is 2. The van der Waals surface area contributed by atoms with Crippen molar-refractivity contribution in [1.82, 2.24) is 10.2 Å². The van der Waals surface area contributed by atoms with Gasteiger partial charge in [-0.05, 0) is 30.7 Å². The van der Waals surface area contributed by atoms with Gasteiger partial charge in [0.1, 0.15) is 0 Å². The summed E-state index contributed by atoms with van der Waals surface area (Å²) < 4.78 is 6.01. The first-order chi connectivity index (χ1) is 9.60. The SMILES string of the molecule is CCOC(=O)/C(=C\c1ccc(Br)cc1)c1nnc(N)s1. The summed E-state index contributed by atoms with van der Waals surface area (Å²) in [5.41, 5.74) is 6.78. The third-order valence-electron chi connectivity index (χ3n) is 2.35. The molecular formula is C13H12BrN3O2S. The maximum atomic E-state index is 12.0. The minimum Gasteiger partial charge on any atom is -0.462 e. The first kappa shape index (κ1) is 14.7. The van der Waals surface area contributed by atoms with E-state index < -0.39 is 5.97 Å². The molecule has 0 aliphatic carbocycles. The standard InChI is InChI=1S/C13H12BrN3O2S/c1-2-19-12(18)10(11-16-17-13(15)20-11)7-8-3-5-9(14)6-4-8/h3-7H,2H2,1H3,(H2,15,17)/b10-7-. The van der Waals surface area contributed by atoms with Crippen molar-refractivity contribution in [2.45, 2.75) is 6.92 Å². The number of rotatable bonds is 4. The number of hydrogen-bond donors (Lipinski definition) is 1. The highest BCUT2D eigenvalue weighted by Crippen LogP contribution is 2.24. The van der Waals surface area contributed by atoms with Gasteiger partial charge in [-0.15, -0.1) is 10.2 Å². The van der Waals surface area contributed by atoms with Gasteiger partial charge in [-0.3, -0.25) is 0 Å². The first-order valence-electron chi connectivity index (χ1n) is 5.84. The second kappa shape index (κ2) is 6.62. The molecule has 0 fully saturated rings. The largest absolute Gasteiger partial charge is 0.462 e. The van der Waals surface area contributed by atoms with Crippen molar-refractivity contribution in [3.05, 3.63) is 39.3 Å². The van der Waals surface area contributed by atoms with E-state index in [1.807, 2.05) is 24.3 Å². The summed E-state index contributed by atoms with van der Waals surface area (Å²) in [6.07, 6.45) is 1.71. The van der Waals surface area contributed by atoms with Crippen LogP contribution in [-0.4, -0.2) is 22.8 Å². The molecule has 1 aromatic carbocycles. The molecule has 0 saturated heterocycles. The molecule has 0 atom stereocenters. The monoisotopic (exact) mass is 353 g/mol. The van der Waals surface area contributed by atoms with Crippen LogP contribution in [0.15, 0.2) is 28.7 Å². The van der Waals surface area contributed by atoms with Crippen molar-refractivity contribution in [2.75, 3.05) is 12.3 Å². The fraction of sp³-hybridized carbons (Fsp3) is 0.154. The molecule has 5 nitrogen and oxygen atoms in total. The molecule has 1 aromatic heterocycles. The normalized spacial score (nSPS) is 11.4. The van der Waals surface area contributed by atoms with Crippen molar-refractivity contribution >= 4 is 50.0 Å². The van der Waals surface area contributed by atoms with E-state index in [9.17, 15) is 4.79 Å². The first-order valence-corrected chi connectivity index (χ1v) is 7.45. The number of ether oxygens (including phenoxy) is 1. The van der Waals surface area contributed by atoms with Gasteiger partial charge in [0, 0.05) is 4.47 Å². The number of benzene rings is 1. The minimum atomic E-state index is -0.438. The van der Waals surface area contributed by atoms with Gasteiger partial charge in [-0.25, -0.2) is 4.79 Å². The molecule has 0 amide bonds. The summed E-state index contributed by atoms with van der Waals surface area (Å²) in [6, 6.07) is 7.55. The predicted octanol–water partition coefficient (Wildman–Crippen LogP) is 2.99. The highest BCUT2D eigenvalue weighted by Gasteiger charge is 2.17. The van der Waals surface area contributed by atoms with E-state index in [4.69, 9.17) is 10.5 Å². The van der Waals surface area contributed by atoms with E-state index in [0.717, 1.165) is 21.4 Å². The van der Waals surface area contributed by atoms with Crippen LogP contribution in [0.5, 0.6) is 0 Å². The molecule has 20 heavy (non-hydrogen) atoms. The second-order valence-corrected chi connectivity index (χ2v) is 5.70. The molecule has 2 N–H and O–H groups in total.